The molecule has 3 heteroatoms. The highest BCUT2D eigenvalue weighted by molar-refractivity contribution is 5.73. The molecule has 3 unspecified atom stereocenters. The topological polar surface area (TPSA) is 32.3 Å². The minimum absolute atomic E-state index is 0.221. The molecule has 0 aromatic heterocycles. The van der Waals surface area contributed by atoms with E-state index >= 15 is 0 Å². The van der Waals surface area contributed by atoms with Gasteiger partial charge < -0.3 is 10.2 Å². The van der Waals surface area contributed by atoms with Crippen molar-refractivity contribution in [1.82, 2.24) is 10.2 Å². The third kappa shape index (κ3) is 2.71. The summed E-state index contributed by atoms with van der Waals surface area (Å²) in [5.74, 6) is 1.10. The first-order valence-corrected chi connectivity index (χ1v) is 6.16. The lowest BCUT2D eigenvalue weighted by Crippen LogP contribution is -2.39. The number of amides is 1. The summed E-state index contributed by atoms with van der Waals surface area (Å²) in [6, 6.07) is 1.25. The highest BCUT2D eigenvalue weighted by atomic mass is 16.2. The molecule has 1 N–H and O–H groups in total. The lowest BCUT2D eigenvalue weighted by atomic mass is 10.1. The van der Waals surface area contributed by atoms with Crippen molar-refractivity contribution in [2.45, 2.75) is 51.6 Å². The summed E-state index contributed by atoms with van der Waals surface area (Å²) in [5, 5.41) is 3.70. The Labute approximate surface area is 92.2 Å². The summed E-state index contributed by atoms with van der Waals surface area (Å²) < 4.78 is 0. The summed E-state index contributed by atoms with van der Waals surface area (Å²) in [6.45, 7) is 5.85. The van der Waals surface area contributed by atoms with Crippen molar-refractivity contribution in [2.24, 2.45) is 5.92 Å². The van der Waals surface area contributed by atoms with Gasteiger partial charge in [-0.15, -0.1) is 0 Å². The monoisotopic (exact) mass is 210 g/mol. The van der Waals surface area contributed by atoms with Gasteiger partial charge in [0.1, 0.15) is 0 Å². The quantitative estimate of drug-likeness (QED) is 0.747. The highest BCUT2D eigenvalue weighted by Gasteiger charge is 2.28. The fourth-order valence-electron chi connectivity index (χ4n) is 2.87. The molecule has 2 fully saturated rings. The van der Waals surface area contributed by atoms with Crippen LogP contribution >= 0.6 is 0 Å². The largest absolute Gasteiger partial charge is 0.341 e. The molecule has 1 heterocycles. The van der Waals surface area contributed by atoms with Gasteiger partial charge in [0.15, 0.2) is 0 Å². The molecule has 86 valence electrons. The van der Waals surface area contributed by atoms with Crippen LogP contribution in [0, 0.1) is 5.92 Å². The Balaban J connectivity index is 1.75. The van der Waals surface area contributed by atoms with E-state index < -0.39 is 0 Å². The second-order valence-electron chi connectivity index (χ2n) is 5.23. The number of likely N-dealkylation sites (tertiary alicyclic amines) is 1. The minimum atomic E-state index is 0.221. The predicted molar refractivity (Wildman–Crippen MR) is 60.6 cm³/mol. The van der Waals surface area contributed by atoms with Gasteiger partial charge in [-0.3, -0.25) is 4.79 Å². The molecule has 1 amide bonds. The van der Waals surface area contributed by atoms with Gasteiger partial charge >= 0.3 is 0 Å². The molecule has 0 bridgehead atoms. The van der Waals surface area contributed by atoms with Crippen LogP contribution in [-0.4, -0.2) is 36.0 Å². The molecule has 0 aromatic rings. The first kappa shape index (κ1) is 10.9. The summed E-state index contributed by atoms with van der Waals surface area (Å²) >= 11 is 0. The molecular formula is C12H22N2O. The average molecular weight is 210 g/mol. The first-order valence-electron chi connectivity index (χ1n) is 6.16. The number of carbonyl (C=O) groups is 1. The lowest BCUT2D eigenvalue weighted by molar-refractivity contribution is -0.127. The van der Waals surface area contributed by atoms with Crippen molar-refractivity contribution < 1.29 is 4.79 Å². The van der Waals surface area contributed by atoms with E-state index in [0.717, 1.165) is 25.4 Å². The van der Waals surface area contributed by atoms with Crippen LogP contribution in [0.1, 0.15) is 39.5 Å². The zero-order valence-corrected chi connectivity index (χ0v) is 9.83. The number of carbonyl (C=O) groups excluding carboxylic acids is 1. The summed E-state index contributed by atoms with van der Waals surface area (Å²) in [7, 11) is 0. The number of rotatable bonds is 2. The third-order valence-electron chi connectivity index (χ3n) is 3.80. The van der Waals surface area contributed by atoms with Crippen molar-refractivity contribution in [2.75, 3.05) is 13.1 Å². The van der Waals surface area contributed by atoms with E-state index in [1.807, 2.05) is 4.90 Å². The summed E-state index contributed by atoms with van der Waals surface area (Å²) in [5.41, 5.74) is 0. The Hall–Kier alpha value is -0.570. The molecule has 3 atom stereocenters. The molecule has 2 rings (SSSR count). The van der Waals surface area contributed by atoms with Gasteiger partial charge in [-0.25, -0.2) is 0 Å². The standard InChI is InChI=1S/C12H22N2O/c1-9-3-4-11(7-9)13-12-5-6-14(8-12)10(2)15/h9,11-13H,3-8H2,1-2H3. The van der Waals surface area contributed by atoms with Gasteiger partial charge in [0.05, 0.1) is 0 Å². The maximum atomic E-state index is 11.2. The molecular weight excluding hydrogens is 188 g/mol. The normalized spacial score (nSPS) is 36.1. The number of hydrogen-bond donors (Lipinski definition) is 1. The fraction of sp³-hybridized carbons (Fsp3) is 0.917. The third-order valence-corrected chi connectivity index (χ3v) is 3.80. The number of nitrogens with zero attached hydrogens (tertiary/aromatic N) is 1. The van der Waals surface area contributed by atoms with Gasteiger partial charge in [0.25, 0.3) is 0 Å². The molecule has 3 nitrogen and oxygen atoms in total. The number of hydrogen-bond acceptors (Lipinski definition) is 2. The van der Waals surface area contributed by atoms with Crippen molar-refractivity contribution in [3.05, 3.63) is 0 Å². The Bertz CT molecular complexity index is 242. The van der Waals surface area contributed by atoms with Gasteiger partial charge in [-0.1, -0.05) is 6.92 Å². The second kappa shape index (κ2) is 4.52. The molecule has 0 radical (unpaired) electrons. The first-order chi connectivity index (χ1) is 7.15. The van der Waals surface area contributed by atoms with Crippen LogP contribution in [0.15, 0.2) is 0 Å². The van der Waals surface area contributed by atoms with Gasteiger partial charge in [0, 0.05) is 32.1 Å². The maximum absolute atomic E-state index is 11.2. The molecule has 1 saturated carbocycles. The zero-order chi connectivity index (χ0) is 10.8. The van der Waals surface area contributed by atoms with Crippen molar-refractivity contribution in [3.63, 3.8) is 0 Å². The Morgan fingerprint density at radius 1 is 1.27 bits per heavy atom. The van der Waals surface area contributed by atoms with Crippen LogP contribution in [0.5, 0.6) is 0 Å². The van der Waals surface area contributed by atoms with Crippen LogP contribution in [0.4, 0.5) is 0 Å². The van der Waals surface area contributed by atoms with E-state index in [0.29, 0.717) is 12.1 Å². The van der Waals surface area contributed by atoms with Crippen molar-refractivity contribution in [3.8, 4) is 0 Å². The molecule has 0 spiro atoms. The van der Waals surface area contributed by atoms with Gasteiger partial charge in [-0.2, -0.15) is 0 Å². The van der Waals surface area contributed by atoms with Crippen molar-refractivity contribution >= 4 is 5.91 Å². The molecule has 0 aromatic carbocycles. The van der Waals surface area contributed by atoms with Crippen molar-refractivity contribution in [1.29, 1.82) is 0 Å². The van der Waals surface area contributed by atoms with Gasteiger partial charge in [-0.05, 0) is 31.6 Å². The smallest absolute Gasteiger partial charge is 0.219 e. The minimum Gasteiger partial charge on any atom is -0.341 e. The lowest BCUT2D eigenvalue weighted by Gasteiger charge is -2.19. The van der Waals surface area contributed by atoms with Gasteiger partial charge in [0.2, 0.25) is 5.91 Å². The average Bonchev–Trinajstić information content (AvgIpc) is 2.76. The SMILES string of the molecule is CC(=O)N1CCC(NC2CCC(C)C2)C1. The molecule has 15 heavy (non-hydrogen) atoms. The number of nitrogens with one attached hydrogen (secondary N) is 1. The molecule has 1 saturated heterocycles. The highest BCUT2D eigenvalue weighted by Crippen LogP contribution is 2.25. The van der Waals surface area contributed by atoms with Crippen LogP contribution in [-0.2, 0) is 4.79 Å². The van der Waals surface area contributed by atoms with Crippen LogP contribution in [0.2, 0.25) is 0 Å². The van der Waals surface area contributed by atoms with Crippen LogP contribution < -0.4 is 5.32 Å². The summed E-state index contributed by atoms with van der Waals surface area (Å²) in [4.78, 5) is 13.1. The zero-order valence-electron chi connectivity index (χ0n) is 9.83. The fourth-order valence-corrected chi connectivity index (χ4v) is 2.87. The van der Waals surface area contributed by atoms with E-state index in [2.05, 4.69) is 12.2 Å². The van der Waals surface area contributed by atoms with E-state index in [1.165, 1.54) is 19.3 Å². The Kier molecular flexibility index (Phi) is 3.29. The summed E-state index contributed by atoms with van der Waals surface area (Å²) in [6.07, 6.45) is 5.12. The van der Waals surface area contributed by atoms with E-state index in [1.54, 1.807) is 6.92 Å². The van der Waals surface area contributed by atoms with Crippen LogP contribution in [0.25, 0.3) is 0 Å². The molecule has 2 aliphatic rings. The Morgan fingerprint density at radius 3 is 2.60 bits per heavy atom. The van der Waals surface area contributed by atoms with E-state index in [4.69, 9.17) is 0 Å². The predicted octanol–water partition coefficient (Wildman–Crippen LogP) is 1.39. The second-order valence-corrected chi connectivity index (χ2v) is 5.23. The molecule has 1 aliphatic carbocycles. The maximum Gasteiger partial charge on any atom is 0.219 e. The van der Waals surface area contributed by atoms with Crippen LogP contribution in [0.3, 0.4) is 0 Å². The Morgan fingerprint density at radius 2 is 2.07 bits per heavy atom. The molecule has 1 aliphatic heterocycles. The van der Waals surface area contributed by atoms with E-state index in [-0.39, 0.29) is 5.91 Å². The van der Waals surface area contributed by atoms with E-state index in [9.17, 15) is 4.79 Å².